The summed E-state index contributed by atoms with van der Waals surface area (Å²) in [5, 5.41) is 0. The summed E-state index contributed by atoms with van der Waals surface area (Å²) in [5.41, 5.74) is 2.67. The zero-order valence-corrected chi connectivity index (χ0v) is 11.6. The zero-order valence-electron chi connectivity index (χ0n) is 11.6. The fourth-order valence-electron chi connectivity index (χ4n) is 2.77. The highest BCUT2D eigenvalue weighted by Crippen LogP contribution is 2.30. The van der Waals surface area contributed by atoms with Gasteiger partial charge in [0.1, 0.15) is 0 Å². The maximum absolute atomic E-state index is 5.86. The van der Waals surface area contributed by atoms with Crippen molar-refractivity contribution in [2.24, 2.45) is 0 Å². The van der Waals surface area contributed by atoms with Gasteiger partial charge in [-0.25, -0.2) is 0 Å². The van der Waals surface area contributed by atoms with E-state index in [1.54, 1.807) is 0 Å². The molecule has 1 saturated heterocycles. The van der Waals surface area contributed by atoms with Gasteiger partial charge in [-0.05, 0) is 29.9 Å². The Kier molecular flexibility index (Phi) is 4.29. The molecule has 0 radical (unpaired) electrons. The van der Waals surface area contributed by atoms with Crippen LogP contribution in [0.5, 0.6) is 0 Å². The Balaban J connectivity index is 1.65. The van der Waals surface area contributed by atoms with Crippen LogP contribution in [0, 0.1) is 0 Å². The summed E-state index contributed by atoms with van der Waals surface area (Å²) in [4.78, 5) is 0. The molecule has 2 aromatic rings. The lowest BCUT2D eigenvalue weighted by atomic mass is 9.88. The highest BCUT2D eigenvalue weighted by atomic mass is 16.5. The molecule has 0 aliphatic carbocycles. The van der Waals surface area contributed by atoms with E-state index >= 15 is 0 Å². The summed E-state index contributed by atoms with van der Waals surface area (Å²) in [7, 11) is 0. The molecule has 2 unspecified atom stereocenters. The van der Waals surface area contributed by atoms with Crippen molar-refractivity contribution in [1.29, 1.82) is 0 Å². The van der Waals surface area contributed by atoms with E-state index in [9.17, 15) is 0 Å². The van der Waals surface area contributed by atoms with Gasteiger partial charge in [-0.2, -0.15) is 0 Å². The molecule has 2 aromatic carbocycles. The topological polar surface area (TPSA) is 9.23 Å². The van der Waals surface area contributed by atoms with Crippen molar-refractivity contribution in [2.75, 3.05) is 6.61 Å². The molecular weight excluding hydrogens is 244 g/mol. The average Bonchev–Trinajstić information content (AvgIpc) is 2.55. The van der Waals surface area contributed by atoms with Gasteiger partial charge in [0.05, 0.1) is 6.10 Å². The Morgan fingerprint density at radius 2 is 1.60 bits per heavy atom. The molecule has 3 rings (SSSR count). The normalized spacial score (nSPS) is 23.0. The van der Waals surface area contributed by atoms with Crippen LogP contribution < -0.4 is 0 Å². The third-order valence-corrected chi connectivity index (χ3v) is 3.89. The minimum atomic E-state index is 0.231. The molecular formula is C19H20O. The predicted molar refractivity (Wildman–Crippen MR) is 83.6 cm³/mol. The van der Waals surface area contributed by atoms with Gasteiger partial charge in [0, 0.05) is 6.61 Å². The molecule has 20 heavy (non-hydrogen) atoms. The van der Waals surface area contributed by atoms with Crippen molar-refractivity contribution in [3.8, 4) is 0 Å². The van der Waals surface area contributed by atoms with Gasteiger partial charge in [0.2, 0.25) is 0 Å². The van der Waals surface area contributed by atoms with E-state index in [0.717, 1.165) is 19.4 Å². The molecule has 0 spiro atoms. The monoisotopic (exact) mass is 264 g/mol. The van der Waals surface area contributed by atoms with Crippen LogP contribution in [-0.2, 0) is 4.74 Å². The maximum atomic E-state index is 5.86. The second kappa shape index (κ2) is 6.53. The third-order valence-electron chi connectivity index (χ3n) is 3.89. The van der Waals surface area contributed by atoms with Crippen LogP contribution >= 0.6 is 0 Å². The first kappa shape index (κ1) is 13.1. The summed E-state index contributed by atoms with van der Waals surface area (Å²) < 4.78 is 5.86. The summed E-state index contributed by atoms with van der Waals surface area (Å²) in [6.07, 6.45) is 6.80. The van der Waals surface area contributed by atoms with Crippen LogP contribution in [0.2, 0.25) is 0 Å². The molecule has 0 bridgehead atoms. The lowest BCUT2D eigenvalue weighted by Crippen LogP contribution is -2.22. The summed E-state index contributed by atoms with van der Waals surface area (Å²) in [5.74, 6) is 0.621. The molecule has 1 aliphatic rings. The number of hydrogen-bond acceptors (Lipinski definition) is 1. The third kappa shape index (κ3) is 3.37. The summed E-state index contributed by atoms with van der Waals surface area (Å²) in [6, 6.07) is 21.2. The predicted octanol–water partition coefficient (Wildman–Crippen LogP) is 4.66. The van der Waals surface area contributed by atoms with E-state index < -0.39 is 0 Å². The van der Waals surface area contributed by atoms with E-state index in [1.165, 1.54) is 11.1 Å². The largest absolute Gasteiger partial charge is 0.374 e. The first-order valence-corrected chi connectivity index (χ1v) is 7.31. The minimum Gasteiger partial charge on any atom is -0.374 e. The molecule has 0 amide bonds. The van der Waals surface area contributed by atoms with Crippen LogP contribution in [-0.4, -0.2) is 12.7 Å². The van der Waals surface area contributed by atoms with E-state index in [-0.39, 0.29) is 6.10 Å². The average molecular weight is 264 g/mol. The van der Waals surface area contributed by atoms with E-state index in [4.69, 9.17) is 4.74 Å². The molecule has 0 N–H and O–H groups in total. The Morgan fingerprint density at radius 1 is 0.900 bits per heavy atom. The second-order valence-electron chi connectivity index (χ2n) is 5.31. The highest BCUT2D eigenvalue weighted by molar-refractivity contribution is 5.49. The van der Waals surface area contributed by atoms with Crippen LogP contribution in [0.1, 0.15) is 29.9 Å². The van der Waals surface area contributed by atoms with Gasteiger partial charge in [-0.1, -0.05) is 72.8 Å². The molecule has 1 heterocycles. The fraction of sp³-hybridized carbons (Fsp3) is 0.263. The fourth-order valence-corrected chi connectivity index (χ4v) is 2.77. The standard InChI is InChI=1S/C19H20O/c1-3-7-16(8-4-1)11-12-19-15-18(13-14-20-19)17-9-5-2-6-10-17/h1-12,18-19H,13-15H2/b12-11+. The quantitative estimate of drug-likeness (QED) is 0.783. The maximum Gasteiger partial charge on any atom is 0.0764 e. The van der Waals surface area contributed by atoms with Gasteiger partial charge in [-0.15, -0.1) is 0 Å². The first-order chi connectivity index (χ1) is 9.92. The van der Waals surface area contributed by atoms with Gasteiger partial charge in [0.15, 0.2) is 0 Å². The number of benzene rings is 2. The first-order valence-electron chi connectivity index (χ1n) is 7.31. The van der Waals surface area contributed by atoms with Crippen molar-refractivity contribution in [3.05, 3.63) is 77.9 Å². The molecule has 1 nitrogen and oxygen atoms in total. The molecule has 0 aromatic heterocycles. The summed E-state index contributed by atoms with van der Waals surface area (Å²) in [6.45, 7) is 0.851. The van der Waals surface area contributed by atoms with Crippen LogP contribution in [0.25, 0.3) is 6.08 Å². The molecule has 1 aliphatic heterocycles. The summed E-state index contributed by atoms with van der Waals surface area (Å²) >= 11 is 0. The Bertz CT molecular complexity index is 544. The van der Waals surface area contributed by atoms with E-state index in [0.29, 0.717) is 5.92 Å². The molecule has 2 atom stereocenters. The SMILES string of the molecule is C(=C\C1CC(c2ccccc2)CCO1)/c1ccccc1. The van der Waals surface area contributed by atoms with Crippen LogP contribution in [0.15, 0.2) is 66.7 Å². The van der Waals surface area contributed by atoms with Gasteiger partial charge in [0.25, 0.3) is 0 Å². The lowest BCUT2D eigenvalue weighted by Gasteiger charge is -2.28. The Morgan fingerprint density at radius 3 is 2.35 bits per heavy atom. The molecule has 102 valence electrons. The van der Waals surface area contributed by atoms with E-state index in [2.05, 4.69) is 66.7 Å². The lowest BCUT2D eigenvalue weighted by molar-refractivity contribution is 0.0367. The smallest absolute Gasteiger partial charge is 0.0764 e. The van der Waals surface area contributed by atoms with Gasteiger partial charge < -0.3 is 4.74 Å². The zero-order chi connectivity index (χ0) is 13.6. The van der Waals surface area contributed by atoms with E-state index in [1.807, 2.05) is 6.07 Å². The van der Waals surface area contributed by atoms with Crippen molar-refractivity contribution in [2.45, 2.75) is 24.9 Å². The molecule has 1 fully saturated rings. The minimum absolute atomic E-state index is 0.231. The number of rotatable bonds is 3. The van der Waals surface area contributed by atoms with Crippen molar-refractivity contribution < 1.29 is 4.74 Å². The van der Waals surface area contributed by atoms with Gasteiger partial charge >= 0.3 is 0 Å². The van der Waals surface area contributed by atoms with Crippen LogP contribution in [0.3, 0.4) is 0 Å². The van der Waals surface area contributed by atoms with Crippen molar-refractivity contribution in [3.63, 3.8) is 0 Å². The second-order valence-corrected chi connectivity index (χ2v) is 5.31. The molecule has 0 saturated carbocycles. The number of ether oxygens (including phenoxy) is 1. The molecule has 1 heteroatoms. The van der Waals surface area contributed by atoms with Crippen LogP contribution in [0.4, 0.5) is 0 Å². The Hall–Kier alpha value is -1.86. The number of hydrogen-bond donors (Lipinski definition) is 0. The van der Waals surface area contributed by atoms with Crippen molar-refractivity contribution in [1.82, 2.24) is 0 Å². The Labute approximate surface area is 120 Å². The van der Waals surface area contributed by atoms with Gasteiger partial charge in [-0.3, -0.25) is 0 Å². The van der Waals surface area contributed by atoms with Crippen molar-refractivity contribution >= 4 is 6.08 Å². The highest BCUT2D eigenvalue weighted by Gasteiger charge is 2.21.